The fraction of sp³-hybridized carbons (Fsp3) is 0.435. The minimum atomic E-state index is -0.675. The average molecular weight is 501 g/mol. The Morgan fingerprint density at radius 2 is 1.75 bits per heavy atom. The van der Waals surface area contributed by atoms with Gasteiger partial charge in [-0.1, -0.05) is 43.1 Å². The zero-order valence-electron chi connectivity index (χ0n) is 18.2. The molecule has 0 aliphatic carbocycles. The van der Waals surface area contributed by atoms with Crippen molar-refractivity contribution >= 4 is 46.2 Å². The SMILES string of the molecule is CC(C)C[C@H](NC(=S)Nc1ccc(F)cc1F)N1CCN(Cc2ccc(Cl)c(Cl)c2)CC1. The molecule has 0 amide bonds. The van der Waals surface area contributed by atoms with Crippen LogP contribution in [-0.2, 0) is 6.54 Å². The van der Waals surface area contributed by atoms with Gasteiger partial charge in [0.2, 0.25) is 0 Å². The van der Waals surface area contributed by atoms with Crippen LogP contribution in [0.25, 0.3) is 0 Å². The first-order valence-electron chi connectivity index (χ1n) is 10.6. The van der Waals surface area contributed by atoms with E-state index in [2.05, 4.69) is 34.3 Å². The summed E-state index contributed by atoms with van der Waals surface area (Å²) in [7, 11) is 0. The van der Waals surface area contributed by atoms with Crippen LogP contribution in [0.5, 0.6) is 0 Å². The molecule has 9 heteroatoms. The standard InChI is InChI=1S/C23H28Cl2F2N4S/c1-15(2)11-22(29-23(32)28-21-6-4-17(26)13-20(21)27)31-9-7-30(8-10-31)14-16-3-5-18(24)19(25)12-16/h3-6,12-13,15,22H,7-11,14H2,1-2H3,(H2,28,29,32)/t22-/m1/s1. The van der Waals surface area contributed by atoms with Gasteiger partial charge >= 0.3 is 0 Å². The average Bonchev–Trinajstić information content (AvgIpc) is 2.72. The molecule has 0 radical (unpaired) electrons. The summed E-state index contributed by atoms with van der Waals surface area (Å²) >= 11 is 17.6. The van der Waals surface area contributed by atoms with Gasteiger partial charge in [-0.3, -0.25) is 9.80 Å². The third-order valence-corrected chi connectivity index (χ3v) is 6.37. The minimum absolute atomic E-state index is 0.0191. The largest absolute Gasteiger partial charge is 0.347 e. The van der Waals surface area contributed by atoms with Gasteiger partial charge in [0.05, 0.1) is 21.9 Å². The van der Waals surface area contributed by atoms with Crippen LogP contribution in [0.3, 0.4) is 0 Å². The molecule has 3 rings (SSSR count). The minimum Gasteiger partial charge on any atom is -0.347 e. The van der Waals surface area contributed by atoms with Gasteiger partial charge in [-0.15, -0.1) is 0 Å². The fourth-order valence-corrected chi connectivity index (χ4v) is 4.34. The van der Waals surface area contributed by atoms with Crippen molar-refractivity contribution in [2.45, 2.75) is 33.0 Å². The predicted octanol–water partition coefficient (Wildman–Crippen LogP) is 5.75. The molecule has 0 unspecified atom stereocenters. The van der Waals surface area contributed by atoms with Crippen LogP contribution in [0, 0.1) is 17.6 Å². The Kier molecular flexibility index (Phi) is 9.08. The highest BCUT2D eigenvalue weighted by Crippen LogP contribution is 2.24. The summed E-state index contributed by atoms with van der Waals surface area (Å²) in [5.74, 6) is -0.846. The Bertz CT molecular complexity index is 936. The molecule has 1 atom stereocenters. The van der Waals surface area contributed by atoms with Gasteiger partial charge in [-0.25, -0.2) is 8.78 Å². The zero-order valence-corrected chi connectivity index (χ0v) is 20.5. The second-order valence-corrected chi connectivity index (χ2v) is 9.65. The van der Waals surface area contributed by atoms with Crippen LogP contribution < -0.4 is 10.6 Å². The van der Waals surface area contributed by atoms with Crippen molar-refractivity contribution in [1.82, 2.24) is 15.1 Å². The van der Waals surface area contributed by atoms with E-state index in [1.807, 2.05) is 18.2 Å². The Balaban J connectivity index is 1.56. The smallest absolute Gasteiger partial charge is 0.172 e. The van der Waals surface area contributed by atoms with E-state index in [9.17, 15) is 8.78 Å². The maximum atomic E-state index is 14.0. The second kappa shape index (κ2) is 11.6. The lowest BCUT2D eigenvalue weighted by Gasteiger charge is -2.40. The summed E-state index contributed by atoms with van der Waals surface area (Å²) in [6, 6.07) is 9.13. The molecule has 1 aliphatic heterocycles. The first-order valence-corrected chi connectivity index (χ1v) is 11.8. The van der Waals surface area contributed by atoms with Gasteiger partial charge < -0.3 is 10.6 Å². The Morgan fingerprint density at radius 1 is 1.03 bits per heavy atom. The van der Waals surface area contributed by atoms with Gasteiger partial charge in [0.25, 0.3) is 0 Å². The van der Waals surface area contributed by atoms with Crippen LogP contribution in [0.4, 0.5) is 14.5 Å². The number of benzene rings is 2. The van der Waals surface area contributed by atoms with E-state index in [0.717, 1.165) is 50.8 Å². The quantitative estimate of drug-likeness (QED) is 0.472. The van der Waals surface area contributed by atoms with E-state index in [1.54, 1.807) is 0 Å². The lowest BCUT2D eigenvalue weighted by molar-refractivity contribution is 0.0769. The molecule has 1 saturated heterocycles. The van der Waals surface area contributed by atoms with Crippen molar-refractivity contribution in [3.8, 4) is 0 Å². The van der Waals surface area contributed by atoms with Crippen molar-refractivity contribution in [1.29, 1.82) is 0 Å². The van der Waals surface area contributed by atoms with Crippen LogP contribution in [-0.4, -0.2) is 47.3 Å². The van der Waals surface area contributed by atoms with Gasteiger partial charge in [0.1, 0.15) is 11.6 Å². The molecule has 1 heterocycles. The highest BCUT2D eigenvalue weighted by Gasteiger charge is 2.25. The molecular weight excluding hydrogens is 473 g/mol. The number of nitrogens with zero attached hydrogens (tertiary/aromatic N) is 2. The number of nitrogens with one attached hydrogen (secondary N) is 2. The Labute approximate surface area is 203 Å². The van der Waals surface area contributed by atoms with Crippen LogP contribution in [0.15, 0.2) is 36.4 Å². The van der Waals surface area contributed by atoms with E-state index in [0.29, 0.717) is 21.1 Å². The summed E-state index contributed by atoms with van der Waals surface area (Å²) in [6.07, 6.45) is 0.909. The maximum absolute atomic E-state index is 14.0. The number of piperazine rings is 1. The predicted molar refractivity (Wildman–Crippen MR) is 132 cm³/mol. The third kappa shape index (κ3) is 7.25. The molecule has 2 aromatic rings. The molecule has 0 bridgehead atoms. The van der Waals surface area contributed by atoms with Gasteiger partial charge in [-0.05, 0) is 54.4 Å². The first kappa shape index (κ1) is 25.1. The highest BCUT2D eigenvalue weighted by atomic mass is 35.5. The maximum Gasteiger partial charge on any atom is 0.172 e. The van der Waals surface area contributed by atoms with Gasteiger partial charge in [-0.2, -0.15) is 0 Å². The molecule has 0 saturated carbocycles. The molecule has 2 aromatic carbocycles. The van der Waals surface area contributed by atoms with Crippen molar-refractivity contribution in [3.63, 3.8) is 0 Å². The summed E-state index contributed by atoms with van der Waals surface area (Å²) < 4.78 is 27.1. The first-order chi connectivity index (χ1) is 15.2. The van der Waals surface area contributed by atoms with Crippen molar-refractivity contribution in [3.05, 3.63) is 63.6 Å². The van der Waals surface area contributed by atoms with E-state index in [-0.39, 0.29) is 11.9 Å². The van der Waals surface area contributed by atoms with Crippen LogP contribution >= 0.6 is 35.4 Å². The number of thiocarbonyl (C=S) groups is 1. The number of rotatable bonds is 7. The fourth-order valence-electron chi connectivity index (χ4n) is 3.78. The van der Waals surface area contributed by atoms with Crippen LogP contribution in [0.1, 0.15) is 25.8 Å². The van der Waals surface area contributed by atoms with Crippen molar-refractivity contribution in [2.75, 3.05) is 31.5 Å². The molecule has 174 valence electrons. The van der Waals surface area contributed by atoms with Gasteiger partial charge in [0.15, 0.2) is 5.11 Å². The van der Waals surface area contributed by atoms with Gasteiger partial charge in [0, 0.05) is 38.8 Å². The number of anilines is 1. The topological polar surface area (TPSA) is 30.5 Å². The van der Waals surface area contributed by atoms with E-state index >= 15 is 0 Å². The number of halogens is 4. The molecule has 1 fully saturated rings. The summed E-state index contributed by atoms with van der Waals surface area (Å²) in [5.41, 5.74) is 1.29. The lowest BCUT2D eigenvalue weighted by atomic mass is 10.1. The lowest BCUT2D eigenvalue weighted by Crippen LogP contribution is -2.56. The summed E-state index contributed by atoms with van der Waals surface area (Å²) in [5, 5.41) is 7.63. The van der Waals surface area contributed by atoms with E-state index < -0.39 is 11.6 Å². The number of hydrogen-bond donors (Lipinski definition) is 2. The monoisotopic (exact) mass is 500 g/mol. The molecule has 1 aliphatic rings. The van der Waals surface area contributed by atoms with Crippen LogP contribution in [0.2, 0.25) is 10.0 Å². The van der Waals surface area contributed by atoms with E-state index in [1.165, 1.54) is 12.1 Å². The van der Waals surface area contributed by atoms with Crippen molar-refractivity contribution in [2.24, 2.45) is 5.92 Å². The summed E-state index contributed by atoms with van der Waals surface area (Å²) in [6.45, 7) is 8.69. The van der Waals surface area contributed by atoms with Crippen molar-refractivity contribution < 1.29 is 8.78 Å². The highest BCUT2D eigenvalue weighted by molar-refractivity contribution is 7.80. The van der Waals surface area contributed by atoms with E-state index in [4.69, 9.17) is 35.4 Å². The Morgan fingerprint density at radius 3 is 2.38 bits per heavy atom. The number of hydrogen-bond acceptors (Lipinski definition) is 3. The molecule has 0 spiro atoms. The molecule has 4 nitrogen and oxygen atoms in total. The molecule has 32 heavy (non-hydrogen) atoms. The third-order valence-electron chi connectivity index (χ3n) is 5.41. The second-order valence-electron chi connectivity index (χ2n) is 8.43. The molecule has 2 N–H and O–H groups in total. The Hall–Kier alpha value is -1.51. The summed E-state index contributed by atoms with van der Waals surface area (Å²) in [4.78, 5) is 4.74. The normalized spacial score (nSPS) is 16.2. The molecular formula is C23H28Cl2F2N4S. The zero-order chi connectivity index (χ0) is 23.3. The molecule has 0 aromatic heterocycles.